The quantitative estimate of drug-likeness (QED) is 0.733. The monoisotopic (exact) mass is 258 g/mol. The molecule has 3 aromatic rings. The van der Waals surface area contributed by atoms with Crippen LogP contribution in [0.25, 0.3) is 11.1 Å². The van der Waals surface area contributed by atoms with Crippen LogP contribution < -0.4 is 10.5 Å². The fourth-order valence-corrected chi connectivity index (χ4v) is 1.75. The van der Waals surface area contributed by atoms with E-state index in [9.17, 15) is 4.39 Å². The molecular weight excluding hydrogens is 247 g/mol. The third-order valence-corrected chi connectivity index (χ3v) is 2.67. The molecule has 0 atom stereocenters. The van der Waals surface area contributed by atoms with Gasteiger partial charge in [0.1, 0.15) is 17.1 Å². The van der Waals surface area contributed by atoms with Crippen LogP contribution in [-0.4, -0.2) is 4.98 Å². The number of nitrogen functional groups attached to an aromatic ring is 1. The molecule has 2 N–H and O–H groups in total. The van der Waals surface area contributed by atoms with Crippen LogP contribution in [0, 0.1) is 5.82 Å². The van der Waals surface area contributed by atoms with Crippen LogP contribution >= 0.6 is 0 Å². The summed E-state index contributed by atoms with van der Waals surface area (Å²) in [5, 5.41) is 0. The smallest absolute Gasteiger partial charge is 0.233 e. The van der Waals surface area contributed by atoms with Gasteiger partial charge in [-0.05, 0) is 36.4 Å². The third-order valence-electron chi connectivity index (χ3n) is 2.67. The molecule has 0 saturated heterocycles. The number of hydrogen-bond donors (Lipinski definition) is 1. The molecule has 3 rings (SSSR count). The van der Waals surface area contributed by atoms with Gasteiger partial charge in [0, 0.05) is 0 Å². The van der Waals surface area contributed by atoms with E-state index < -0.39 is 0 Å². The first-order valence-electron chi connectivity index (χ1n) is 5.74. The number of oxazole rings is 1. The minimum atomic E-state index is -0.304. The first kappa shape index (κ1) is 11.5. The molecule has 1 heterocycles. The largest absolute Gasteiger partial charge is 0.484 e. The Morgan fingerprint density at radius 1 is 1.16 bits per heavy atom. The molecule has 0 aliphatic carbocycles. The van der Waals surface area contributed by atoms with Crippen LogP contribution in [0.4, 0.5) is 10.1 Å². The van der Waals surface area contributed by atoms with Gasteiger partial charge in [-0.15, -0.1) is 0 Å². The number of ether oxygens (including phenoxy) is 1. The van der Waals surface area contributed by atoms with Gasteiger partial charge in [-0.2, -0.15) is 0 Å². The molecule has 0 aliphatic rings. The van der Waals surface area contributed by atoms with Crippen LogP contribution in [0.15, 0.2) is 46.9 Å². The van der Waals surface area contributed by atoms with Crippen molar-refractivity contribution < 1.29 is 13.5 Å². The summed E-state index contributed by atoms with van der Waals surface area (Å²) in [7, 11) is 0. The highest BCUT2D eigenvalue weighted by Crippen LogP contribution is 2.22. The van der Waals surface area contributed by atoms with Crippen molar-refractivity contribution in [3.05, 3.63) is 54.2 Å². The highest BCUT2D eigenvalue weighted by atomic mass is 19.1. The summed E-state index contributed by atoms with van der Waals surface area (Å²) in [6, 6.07) is 11.1. The Morgan fingerprint density at radius 2 is 1.95 bits per heavy atom. The van der Waals surface area contributed by atoms with Gasteiger partial charge in [-0.1, -0.05) is 6.07 Å². The highest BCUT2D eigenvalue weighted by molar-refractivity contribution is 5.85. The Labute approximate surface area is 108 Å². The topological polar surface area (TPSA) is 61.3 Å². The molecule has 0 aliphatic heterocycles. The first-order chi connectivity index (χ1) is 9.22. The van der Waals surface area contributed by atoms with E-state index in [0.717, 1.165) is 0 Å². The van der Waals surface area contributed by atoms with Crippen LogP contribution in [0.5, 0.6) is 5.75 Å². The molecule has 4 nitrogen and oxygen atoms in total. The average molecular weight is 258 g/mol. The van der Waals surface area contributed by atoms with E-state index in [1.807, 2.05) is 0 Å². The van der Waals surface area contributed by atoms with Crippen LogP contribution in [-0.2, 0) is 6.61 Å². The van der Waals surface area contributed by atoms with Crippen molar-refractivity contribution in [2.24, 2.45) is 0 Å². The van der Waals surface area contributed by atoms with E-state index in [1.165, 1.54) is 12.1 Å². The third kappa shape index (κ3) is 2.35. The van der Waals surface area contributed by atoms with E-state index in [4.69, 9.17) is 14.9 Å². The normalized spacial score (nSPS) is 10.8. The summed E-state index contributed by atoms with van der Waals surface area (Å²) >= 11 is 0. The van der Waals surface area contributed by atoms with Gasteiger partial charge in [-0.3, -0.25) is 0 Å². The van der Waals surface area contributed by atoms with Crippen LogP contribution in [0.2, 0.25) is 0 Å². The van der Waals surface area contributed by atoms with E-state index in [-0.39, 0.29) is 12.4 Å². The molecule has 5 heteroatoms. The summed E-state index contributed by atoms with van der Waals surface area (Å²) < 4.78 is 23.7. The van der Waals surface area contributed by atoms with Gasteiger partial charge < -0.3 is 14.9 Å². The molecule has 0 radical (unpaired) electrons. The van der Waals surface area contributed by atoms with Crippen molar-refractivity contribution in [3.63, 3.8) is 0 Å². The summed E-state index contributed by atoms with van der Waals surface area (Å²) in [4.78, 5) is 4.25. The van der Waals surface area contributed by atoms with Gasteiger partial charge in [0.25, 0.3) is 0 Å². The average Bonchev–Trinajstić information content (AvgIpc) is 2.83. The lowest BCUT2D eigenvalue weighted by molar-refractivity contribution is 0.267. The van der Waals surface area contributed by atoms with E-state index in [0.29, 0.717) is 28.4 Å². The maximum Gasteiger partial charge on any atom is 0.233 e. The van der Waals surface area contributed by atoms with Crippen molar-refractivity contribution in [1.82, 2.24) is 4.98 Å². The van der Waals surface area contributed by atoms with E-state index in [1.54, 1.807) is 30.3 Å². The van der Waals surface area contributed by atoms with Crippen molar-refractivity contribution in [2.45, 2.75) is 6.61 Å². The standard InChI is InChI=1S/C14H11FN2O2/c15-9-4-6-10(7-5-9)18-8-13-17-14-11(16)2-1-3-12(14)19-13/h1-7H,8,16H2. The number of halogens is 1. The van der Waals surface area contributed by atoms with Crippen molar-refractivity contribution in [3.8, 4) is 5.75 Å². The Hall–Kier alpha value is -2.56. The summed E-state index contributed by atoms with van der Waals surface area (Å²) in [6.45, 7) is 0.166. The van der Waals surface area contributed by atoms with Gasteiger partial charge in [-0.25, -0.2) is 9.37 Å². The molecule has 0 spiro atoms. The van der Waals surface area contributed by atoms with Crippen molar-refractivity contribution >= 4 is 16.8 Å². The summed E-state index contributed by atoms with van der Waals surface area (Å²) in [5.41, 5.74) is 7.60. The molecule has 2 aromatic carbocycles. The maximum atomic E-state index is 12.7. The van der Waals surface area contributed by atoms with Crippen LogP contribution in [0.3, 0.4) is 0 Å². The van der Waals surface area contributed by atoms with Gasteiger partial charge in [0.2, 0.25) is 5.89 Å². The fraction of sp³-hybridized carbons (Fsp3) is 0.0714. The van der Waals surface area contributed by atoms with E-state index >= 15 is 0 Å². The zero-order valence-corrected chi connectivity index (χ0v) is 9.97. The fourth-order valence-electron chi connectivity index (χ4n) is 1.75. The van der Waals surface area contributed by atoms with Crippen LogP contribution in [0.1, 0.15) is 5.89 Å². The van der Waals surface area contributed by atoms with Gasteiger partial charge >= 0.3 is 0 Å². The van der Waals surface area contributed by atoms with Crippen molar-refractivity contribution in [1.29, 1.82) is 0 Å². The molecule has 0 bridgehead atoms. The SMILES string of the molecule is Nc1cccc2oc(COc3ccc(F)cc3)nc12. The minimum Gasteiger partial charge on any atom is -0.484 e. The summed E-state index contributed by atoms with van der Waals surface area (Å²) in [5.74, 6) is 0.677. The van der Waals surface area contributed by atoms with Crippen molar-refractivity contribution in [2.75, 3.05) is 5.73 Å². The number of rotatable bonds is 3. The predicted octanol–water partition coefficient (Wildman–Crippen LogP) is 3.13. The lowest BCUT2D eigenvalue weighted by Crippen LogP contribution is -1.95. The molecule has 0 unspecified atom stereocenters. The summed E-state index contributed by atoms with van der Waals surface area (Å²) in [6.07, 6.45) is 0. The number of anilines is 1. The van der Waals surface area contributed by atoms with Gasteiger partial charge in [0.05, 0.1) is 5.69 Å². The Morgan fingerprint density at radius 3 is 2.68 bits per heavy atom. The number of para-hydroxylation sites is 1. The number of benzene rings is 2. The van der Waals surface area contributed by atoms with Gasteiger partial charge in [0.15, 0.2) is 12.2 Å². The zero-order valence-electron chi connectivity index (χ0n) is 9.97. The Bertz CT molecular complexity index is 707. The molecule has 1 aromatic heterocycles. The minimum absolute atomic E-state index is 0.166. The Balaban J connectivity index is 1.78. The second-order valence-electron chi connectivity index (χ2n) is 4.04. The molecular formula is C14H11FN2O2. The molecule has 96 valence electrons. The lowest BCUT2D eigenvalue weighted by atomic mass is 10.3. The number of aromatic nitrogens is 1. The van der Waals surface area contributed by atoms with E-state index in [2.05, 4.69) is 4.98 Å². The predicted molar refractivity (Wildman–Crippen MR) is 69.2 cm³/mol. The second kappa shape index (κ2) is 4.61. The number of hydrogen-bond acceptors (Lipinski definition) is 4. The molecule has 0 amide bonds. The molecule has 0 fully saturated rings. The maximum absolute atomic E-state index is 12.7. The lowest BCUT2D eigenvalue weighted by Gasteiger charge is -2.02. The molecule has 19 heavy (non-hydrogen) atoms. The molecule has 0 saturated carbocycles. The Kier molecular flexibility index (Phi) is 2.79. The second-order valence-corrected chi connectivity index (χ2v) is 4.04. The first-order valence-corrected chi connectivity index (χ1v) is 5.74. The number of nitrogens with two attached hydrogens (primary N) is 1. The zero-order chi connectivity index (χ0) is 13.2. The number of fused-ring (bicyclic) bond motifs is 1. The highest BCUT2D eigenvalue weighted by Gasteiger charge is 2.08. The number of nitrogens with zero attached hydrogens (tertiary/aromatic N) is 1.